The number of unbranched alkanes of at least 4 members (excludes halogenated alkanes) is 1. The van der Waals surface area contributed by atoms with Gasteiger partial charge in [-0.05, 0) is 62.5 Å². The highest BCUT2D eigenvalue weighted by atomic mass is 79.9. The number of hydrogen-bond donors (Lipinski definition) is 2. The van der Waals surface area contributed by atoms with Crippen LogP contribution in [0.5, 0.6) is 11.5 Å². The van der Waals surface area contributed by atoms with Crippen LogP contribution in [0.4, 0.5) is 0 Å². The van der Waals surface area contributed by atoms with E-state index in [0.717, 1.165) is 12.8 Å². The topological polar surface area (TPSA) is 136 Å². The van der Waals surface area contributed by atoms with Gasteiger partial charge in [-0.3, -0.25) is 9.59 Å². The van der Waals surface area contributed by atoms with Crippen molar-refractivity contribution in [3.05, 3.63) is 49.9 Å². The molecule has 2 N–H and O–H groups in total. The molecule has 2 rings (SSSR count). The van der Waals surface area contributed by atoms with Gasteiger partial charge in [0.25, 0.3) is 0 Å². The van der Waals surface area contributed by atoms with E-state index in [1.165, 1.54) is 38.5 Å². The van der Waals surface area contributed by atoms with Gasteiger partial charge in [-0.15, -0.1) is 0 Å². The molecule has 0 saturated carbocycles. The van der Waals surface area contributed by atoms with Crippen molar-refractivity contribution >= 4 is 60.4 Å². The highest BCUT2D eigenvalue weighted by Gasteiger charge is 2.18. The molecular formula is C21H23Br2NO8S. The summed E-state index contributed by atoms with van der Waals surface area (Å²) in [6.07, 6.45) is 2.77. The summed E-state index contributed by atoms with van der Waals surface area (Å²) >= 11 is 6.32. The summed E-state index contributed by atoms with van der Waals surface area (Å²) in [5, 5.41) is 8.72. The van der Waals surface area contributed by atoms with Crippen LogP contribution in [0.15, 0.2) is 38.1 Å². The number of carboxylic acids is 1. The van der Waals surface area contributed by atoms with E-state index in [2.05, 4.69) is 36.6 Å². The molecule has 12 heteroatoms. The van der Waals surface area contributed by atoms with Crippen LogP contribution in [0.3, 0.4) is 0 Å². The van der Waals surface area contributed by atoms with Crippen molar-refractivity contribution in [2.75, 3.05) is 20.8 Å². The smallest absolute Gasteiger partial charge is 0.335 e. The van der Waals surface area contributed by atoms with Crippen molar-refractivity contribution in [1.29, 1.82) is 0 Å². The van der Waals surface area contributed by atoms with E-state index >= 15 is 0 Å². The van der Waals surface area contributed by atoms with Gasteiger partial charge in [0.1, 0.15) is 11.5 Å². The second kappa shape index (κ2) is 13.4. The minimum Gasteiger partial charge on any atom is -0.495 e. The van der Waals surface area contributed by atoms with Crippen LogP contribution >= 0.6 is 31.9 Å². The van der Waals surface area contributed by atoms with Crippen molar-refractivity contribution in [3.8, 4) is 11.5 Å². The predicted octanol–water partition coefficient (Wildman–Crippen LogP) is 4.32. The molecule has 0 radical (unpaired) electrons. The molecule has 0 saturated heterocycles. The zero-order chi connectivity index (χ0) is 25.2. The van der Waals surface area contributed by atoms with Gasteiger partial charge >= 0.3 is 5.97 Å². The molecule has 33 heavy (non-hydrogen) atoms. The first kappa shape index (κ1) is 28.8. The first-order valence-electron chi connectivity index (χ1n) is 9.44. The molecule has 0 aliphatic rings. The molecule has 0 atom stereocenters. The van der Waals surface area contributed by atoms with Crippen molar-refractivity contribution in [2.45, 2.75) is 24.7 Å². The first-order chi connectivity index (χ1) is 15.6. The number of carbonyl (C=O) groups is 3. The Bertz CT molecular complexity index is 1120. The van der Waals surface area contributed by atoms with Gasteiger partial charge in [0.15, 0.2) is 12.6 Å². The number of aldehydes is 2. The van der Waals surface area contributed by atoms with E-state index < -0.39 is 16.0 Å². The summed E-state index contributed by atoms with van der Waals surface area (Å²) in [7, 11) is -0.779. The largest absolute Gasteiger partial charge is 0.495 e. The lowest BCUT2D eigenvalue weighted by Gasteiger charge is -2.11. The third-order valence-corrected chi connectivity index (χ3v) is 6.78. The highest BCUT2D eigenvalue weighted by molar-refractivity contribution is 9.11. The summed E-state index contributed by atoms with van der Waals surface area (Å²) in [6.45, 7) is 2.35. The van der Waals surface area contributed by atoms with Gasteiger partial charge in [-0.2, -0.15) is 0 Å². The fraction of sp³-hybridized carbons (Fsp3) is 0.286. The molecule has 0 heterocycles. The third-order valence-electron chi connectivity index (χ3n) is 4.16. The summed E-state index contributed by atoms with van der Waals surface area (Å²) in [6, 6.07) is 5.36. The number of sulfonamides is 1. The van der Waals surface area contributed by atoms with Crippen molar-refractivity contribution in [3.63, 3.8) is 0 Å². The third kappa shape index (κ3) is 7.91. The summed E-state index contributed by atoms with van der Waals surface area (Å²) < 4.78 is 37.4. The van der Waals surface area contributed by atoms with Crippen LogP contribution in [0.25, 0.3) is 0 Å². The molecule has 0 aromatic heterocycles. The fourth-order valence-electron chi connectivity index (χ4n) is 2.55. The lowest BCUT2D eigenvalue weighted by molar-refractivity contribution is 0.0696. The van der Waals surface area contributed by atoms with E-state index in [4.69, 9.17) is 14.6 Å². The monoisotopic (exact) mass is 607 g/mol. The van der Waals surface area contributed by atoms with Crippen LogP contribution < -0.4 is 14.2 Å². The van der Waals surface area contributed by atoms with E-state index in [9.17, 15) is 22.8 Å². The Morgan fingerprint density at radius 1 is 1.00 bits per heavy atom. The Labute approximate surface area is 208 Å². The Morgan fingerprint density at radius 3 is 1.97 bits per heavy atom. The minimum atomic E-state index is -3.61. The molecule has 0 aliphatic heterocycles. The van der Waals surface area contributed by atoms with Gasteiger partial charge < -0.3 is 14.6 Å². The Morgan fingerprint density at radius 2 is 1.52 bits per heavy atom. The number of carboxylic acid groups (broad SMARTS) is 1. The molecular weight excluding hydrogens is 586 g/mol. The minimum absolute atomic E-state index is 0.0402. The second-order valence-corrected chi connectivity index (χ2v) is 9.88. The molecule has 2 aromatic rings. The number of carbonyl (C=O) groups excluding carboxylic acids is 2. The Balaban J connectivity index is 0.000000346. The molecule has 0 amide bonds. The predicted molar refractivity (Wildman–Crippen MR) is 129 cm³/mol. The average Bonchev–Trinajstić information content (AvgIpc) is 2.78. The molecule has 2 aromatic carbocycles. The summed E-state index contributed by atoms with van der Waals surface area (Å²) in [5.41, 5.74) is 0.437. The number of halogens is 2. The number of rotatable bonds is 10. The van der Waals surface area contributed by atoms with Crippen LogP contribution in [-0.4, -0.2) is 52.8 Å². The Kier molecular flexibility index (Phi) is 11.7. The lowest BCUT2D eigenvalue weighted by atomic mass is 10.1. The zero-order valence-electron chi connectivity index (χ0n) is 18.1. The van der Waals surface area contributed by atoms with E-state index in [1.807, 2.05) is 6.92 Å². The SMILES string of the molecule is CCCCNS(=O)(=O)c1cc(Br)c(OC)c(C=O)c1.COc1c(Br)cc(C(=O)O)cc1C=O. The fourth-order valence-corrected chi connectivity index (χ4v) is 5.12. The van der Waals surface area contributed by atoms with Crippen molar-refractivity contribution < 1.29 is 37.4 Å². The van der Waals surface area contributed by atoms with E-state index in [0.29, 0.717) is 39.6 Å². The number of nitrogens with one attached hydrogen (secondary N) is 1. The van der Waals surface area contributed by atoms with E-state index in [-0.39, 0.29) is 21.6 Å². The van der Waals surface area contributed by atoms with Gasteiger partial charge in [0, 0.05) is 6.54 Å². The van der Waals surface area contributed by atoms with Crippen LogP contribution in [0.1, 0.15) is 50.8 Å². The van der Waals surface area contributed by atoms with Crippen molar-refractivity contribution in [1.82, 2.24) is 4.72 Å². The maximum atomic E-state index is 12.0. The maximum absolute atomic E-state index is 12.0. The molecule has 0 unspecified atom stereocenters. The number of methoxy groups -OCH3 is 2. The number of benzene rings is 2. The maximum Gasteiger partial charge on any atom is 0.335 e. The number of ether oxygens (including phenoxy) is 2. The zero-order valence-corrected chi connectivity index (χ0v) is 22.0. The normalized spacial score (nSPS) is 10.6. The number of aromatic carboxylic acids is 1. The Hall–Kier alpha value is -2.28. The summed E-state index contributed by atoms with van der Waals surface area (Å²) in [5.74, 6) is -0.427. The van der Waals surface area contributed by atoms with Gasteiger partial charge in [0.2, 0.25) is 10.0 Å². The second-order valence-electron chi connectivity index (χ2n) is 6.40. The molecule has 0 bridgehead atoms. The summed E-state index contributed by atoms with van der Waals surface area (Å²) in [4.78, 5) is 32.3. The first-order valence-corrected chi connectivity index (χ1v) is 12.5. The quantitative estimate of drug-likeness (QED) is 0.301. The average molecular weight is 609 g/mol. The standard InChI is InChI=1S/C12H16BrNO4S.C9H7BrO4/c1-3-4-5-14-19(16,17)10-6-9(8-15)12(18-2)11(13)7-10;1-14-8-6(4-11)2-5(9(12)13)3-7(8)10/h6-8,14H,3-5H2,1-2H3;2-4H,1H3,(H,12,13). The van der Waals surface area contributed by atoms with Gasteiger partial charge in [0.05, 0.1) is 44.8 Å². The molecule has 0 aliphatic carbocycles. The van der Waals surface area contributed by atoms with Crippen LogP contribution in [0.2, 0.25) is 0 Å². The van der Waals surface area contributed by atoms with Gasteiger partial charge in [-0.1, -0.05) is 13.3 Å². The van der Waals surface area contributed by atoms with Gasteiger partial charge in [-0.25, -0.2) is 17.9 Å². The lowest BCUT2D eigenvalue weighted by Crippen LogP contribution is -2.24. The van der Waals surface area contributed by atoms with Crippen LogP contribution in [-0.2, 0) is 10.0 Å². The van der Waals surface area contributed by atoms with Crippen LogP contribution in [0, 0.1) is 0 Å². The van der Waals surface area contributed by atoms with Crippen molar-refractivity contribution in [2.24, 2.45) is 0 Å². The molecule has 0 spiro atoms. The molecule has 0 fully saturated rings. The molecule has 9 nitrogen and oxygen atoms in total. The number of hydrogen-bond acceptors (Lipinski definition) is 7. The van der Waals surface area contributed by atoms with E-state index in [1.54, 1.807) is 0 Å². The molecule has 180 valence electrons. The highest BCUT2D eigenvalue weighted by Crippen LogP contribution is 2.31.